The molecule has 230 valence electrons. The first-order valence-corrected chi connectivity index (χ1v) is 14.9. The Morgan fingerprint density at radius 1 is 0.889 bits per heavy atom. The molecule has 0 radical (unpaired) electrons. The minimum absolute atomic E-state index is 0.0869. The second-order valence-corrected chi connectivity index (χ2v) is 11.9. The van der Waals surface area contributed by atoms with Gasteiger partial charge in [0.05, 0.1) is 11.5 Å². The van der Waals surface area contributed by atoms with E-state index < -0.39 is 17.5 Å². The molecule has 1 unspecified atom stereocenters. The topological polar surface area (TPSA) is 77.7 Å². The molecule has 2 aromatic heterocycles. The fourth-order valence-corrected chi connectivity index (χ4v) is 6.27. The first-order valence-electron chi connectivity index (χ1n) is 14.9. The predicted octanol–water partition coefficient (Wildman–Crippen LogP) is 7.85. The number of carbonyl (C=O) groups is 1. The quantitative estimate of drug-likeness (QED) is 0.177. The van der Waals surface area contributed by atoms with E-state index in [1.165, 1.54) is 0 Å². The molecule has 7 rings (SSSR count). The van der Waals surface area contributed by atoms with Crippen LogP contribution in [0.1, 0.15) is 40.7 Å². The van der Waals surface area contributed by atoms with Crippen molar-refractivity contribution in [3.63, 3.8) is 0 Å². The molecule has 5 aromatic rings. The molecule has 1 atom stereocenters. The molecule has 45 heavy (non-hydrogen) atoms. The summed E-state index contributed by atoms with van der Waals surface area (Å²) in [6, 6.07) is 28.0. The Balaban J connectivity index is 1.10. The smallest absolute Gasteiger partial charge is 0.391 e. The van der Waals surface area contributed by atoms with E-state index in [0.717, 1.165) is 11.1 Å². The van der Waals surface area contributed by atoms with Crippen LogP contribution in [0, 0.1) is 11.3 Å². The van der Waals surface area contributed by atoms with E-state index in [9.17, 15) is 18.0 Å². The van der Waals surface area contributed by atoms with E-state index in [1.807, 2.05) is 60.7 Å². The summed E-state index contributed by atoms with van der Waals surface area (Å²) in [5, 5.41) is 0. The van der Waals surface area contributed by atoms with Gasteiger partial charge in [0, 0.05) is 30.1 Å². The number of halogens is 3. The second-order valence-electron chi connectivity index (χ2n) is 11.9. The second kappa shape index (κ2) is 11.6. The first-order chi connectivity index (χ1) is 21.7. The number of carbonyl (C=O) groups excluding carboxylic acids is 1. The molecule has 1 spiro atoms. The Labute approximate surface area is 257 Å². The van der Waals surface area contributed by atoms with Crippen LogP contribution in [0.2, 0.25) is 0 Å². The average Bonchev–Trinajstić information content (AvgIpc) is 3.68. The number of benzene rings is 3. The zero-order valence-corrected chi connectivity index (χ0v) is 24.3. The third-order valence-corrected chi connectivity index (χ3v) is 8.65. The van der Waals surface area contributed by atoms with Gasteiger partial charge in [-0.25, -0.2) is 4.98 Å². The van der Waals surface area contributed by atoms with Crippen molar-refractivity contribution in [1.82, 2.24) is 14.9 Å². The standard InChI is InChI=1S/C35H30F3N3O4/c36-35(37,38)26-15-16-34(18-26)21-41(22-34)33(42)25-11-13-28-29(17-25)45-32(39-28)27-12-14-30(43-19-23-7-3-1-4-8-23)40-31(27)44-20-24-9-5-2-6-10-24/h1-14,17,26H,15-16,18-22H2. The van der Waals surface area contributed by atoms with Gasteiger partial charge in [0.15, 0.2) is 5.58 Å². The summed E-state index contributed by atoms with van der Waals surface area (Å²) in [7, 11) is 0. The Morgan fingerprint density at radius 2 is 1.58 bits per heavy atom. The predicted molar refractivity (Wildman–Crippen MR) is 161 cm³/mol. The molecule has 2 aliphatic rings. The maximum absolute atomic E-state index is 13.2. The molecule has 1 saturated heterocycles. The normalized spacial score (nSPS) is 17.4. The third-order valence-electron chi connectivity index (χ3n) is 8.65. The van der Waals surface area contributed by atoms with Gasteiger partial charge in [0.1, 0.15) is 18.7 Å². The number of ether oxygens (including phenoxy) is 2. The van der Waals surface area contributed by atoms with Gasteiger partial charge >= 0.3 is 6.18 Å². The van der Waals surface area contributed by atoms with E-state index in [0.29, 0.717) is 54.2 Å². The monoisotopic (exact) mass is 613 g/mol. The average molecular weight is 614 g/mol. The largest absolute Gasteiger partial charge is 0.473 e. The maximum Gasteiger partial charge on any atom is 0.391 e. The molecule has 1 aliphatic heterocycles. The first kappa shape index (κ1) is 28.9. The van der Waals surface area contributed by atoms with E-state index in [2.05, 4.69) is 9.97 Å². The van der Waals surface area contributed by atoms with Crippen LogP contribution < -0.4 is 9.47 Å². The summed E-state index contributed by atoms with van der Waals surface area (Å²) in [5.41, 5.74) is 3.40. The van der Waals surface area contributed by atoms with E-state index >= 15 is 0 Å². The van der Waals surface area contributed by atoms with Gasteiger partial charge in [-0.15, -0.1) is 0 Å². The van der Waals surface area contributed by atoms with E-state index in [-0.39, 0.29) is 37.1 Å². The molecule has 7 nitrogen and oxygen atoms in total. The molecular weight excluding hydrogens is 583 g/mol. The molecule has 1 aliphatic carbocycles. The Bertz CT molecular complexity index is 1820. The Kier molecular flexibility index (Phi) is 7.43. The minimum Gasteiger partial charge on any atom is -0.473 e. The van der Waals surface area contributed by atoms with Gasteiger partial charge in [-0.05, 0) is 54.7 Å². The minimum atomic E-state index is -4.18. The van der Waals surface area contributed by atoms with Crippen LogP contribution in [0.25, 0.3) is 22.6 Å². The lowest BCUT2D eigenvalue weighted by atomic mass is 9.77. The molecule has 1 amide bonds. The van der Waals surface area contributed by atoms with Gasteiger partial charge < -0.3 is 18.8 Å². The number of oxazole rings is 1. The van der Waals surface area contributed by atoms with Gasteiger partial charge in [0.25, 0.3) is 5.91 Å². The van der Waals surface area contributed by atoms with Gasteiger partial charge in [-0.2, -0.15) is 18.2 Å². The number of hydrogen-bond acceptors (Lipinski definition) is 6. The van der Waals surface area contributed by atoms with Crippen LogP contribution in [0.3, 0.4) is 0 Å². The number of alkyl halides is 3. The summed E-state index contributed by atoms with van der Waals surface area (Å²) >= 11 is 0. The van der Waals surface area contributed by atoms with Crippen molar-refractivity contribution in [1.29, 1.82) is 0 Å². The third kappa shape index (κ3) is 6.09. The fourth-order valence-electron chi connectivity index (χ4n) is 6.27. The summed E-state index contributed by atoms with van der Waals surface area (Å²) < 4.78 is 57.8. The summed E-state index contributed by atoms with van der Waals surface area (Å²) in [6.45, 7) is 1.28. The zero-order valence-electron chi connectivity index (χ0n) is 24.3. The summed E-state index contributed by atoms with van der Waals surface area (Å²) in [6.07, 6.45) is -3.47. The van der Waals surface area contributed by atoms with Crippen LogP contribution in [-0.4, -0.2) is 40.0 Å². The highest BCUT2D eigenvalue weighted by molar-refractivity contribution is 5.97. The van der Waals surface area contributed by atoms with Crippen LogP contribution in [0.15, 0.2) is 95.4 Å². The van der Waals surface area contributed by atoms with Crippen molar-refractivity contribution in [3.05, 3.63) is 108 Å². The van der Waals surface area contributed by atoms with E-state index in [1.54, 1.807) is 35.2 Å². The van der Waals surface area contributed by atoms with Crippen LogP contribution in [-0.2, 0) is 13.2 Å². The van der Waals surface area contributed by atoms with Gasteiger partial charge in [0.2, 0.25) is 17.7 Å². The Hall–Kier alpha value is -4.86. The van der Waals surface area contributed by atoms with Gasteiger partial charge in [-0.1, -0.05) is 60.7 Å². The number of aromatic nitrogens is 2. The number of rotatable bonds is 8. The lowest BCUT2D eigenvalue weighted by Gasteiger charge is -2.48. The number of amides is 1. The lowest BCUT2D eigenvalue weighted by Crippen LogP contribution is -2.57. The number of hydrogen-bond donors (Lipinski definition) is 0. The van der Waals surface area contributed by atoms with Crippen molar-refractivity contribution >= 4 is 17.0 Å². The molecule has 3 aromatic carbocycles. The van der Waals surface area contributed by atoms with Gasteiger partial charge in [-0.3, -0.25) is 4.79 Å². The number of nitrogens with zero attached hydrogens (tertiary/aromatic N) is 3. The van der Waals surface area contributed by atoms with Crippen molar-refractivity contribution in [2.24, 2.45) is 11.3 Å². The molecular formula is C35H30F3N3O4. The van der Waals surface area contributed by atoms with Crippen molar-refractivity contribution in [3.8, 4) is 23.2 Å². The molecule has 0 N–H and O–H groups in total. The number of likely N-dealkylation sites (tertiary alicyclic amines) is 1. The number of pyridine rings is 1. The van der Waals surface area contributed by atoms with Crippen LogP contribution in [0.4, 0.5) is 13.2 Å². The highest BCUT2D eigenvalue weighted by Gasteiger charge is 2.55. The SMILES string of the molecule is O=C(c1ccc2nc(-c3ccc(OCc4ccccc4)nc3OCc3ccccc3)oc2c1)N1CC2(CCC(C(F)(F)F)C2)C1. The molecule has 2 fully saturated rings. The van der Waals surface area contributed by atoms with Crippen molar-refractivity contribution in [2.75, 3.05) is 13.1 Å². The fraction of sp³-hybridized carbons (Fsp3) is 0.286. The Morgan fingerprint density at radius 3 is 2.24 bits per heavy atom. The van der Waals surface area contributed by atoms with Crippen molar-refractivity contribution in [2.45, 2.75) is 38.7 Å². The highest BCUT2D eigenvalue weighted by Crippen LogP contribution is 2.53. The maximum atomic E-state index is 13.2. The molecule has 1 saturated carbocycles. The highest BCUT2D eigenvalue weighted by atomic mass is 19.4. The lowest BCUT2D eigenvalue weighted by molar-refractivity contribution is -0.176. The summed E-state index contributed by atoms with van der Waals surface area (Å²) in [4.78, 5) is 24.1. The summed E-state index contributed by atoms with van der Waals surface area (Å²) in [5.74, 6) is -0.576. The molecule has 3 heterocycles. The number of fused-ring (bicyclic) bond motifs is 1. The zero-order chi connectivity index (χ0) is 31.0. The van der Waals surface area contributed by atoms with E-state index in [4.69, 9.17) is 13.9 Å². The molecule has 0 bridgehead atoms. The van der Waals surface area contributed by atoms with Crippen molar-refractivity contribution < 1.29 is 31.9 Å². The molecule has 10 heteroatoms. The van der Waals surface area contributed by atoms with Crippen LogP contribution >= 0.6 is 0 Å². The van der Waals surface area contributed by atoms with Crippen LogP contribution in [0.5, 0.6) is 11.8 Å².